The zero-order valence-corrected chi connectivity index (χ0v) is 16.9. The van der Waals surface area contributed by atoms with Gasteiger partial charge in [-0.1, -0.05) is 42.0 Å². The highest BCUT2D eigenvalue weighted by atomic mass is 32.2. The van der Waals surface area contributed by atoms with Crippen molar-refractivity contribution in [3.8, 4) is 0 Å². The Hall–Kier alpha value is -2.34. The van der Waals surface area contributed by atoms with Crippen LogP contribution in [0, 0.1) is 13.8 Å². The third kappa shape index (κ3) is 4.50. The van der Waals surface area contributed by atoms with Gasteiger partial charge in [-0.15, -0.1) is 0 Å². The van der Waals surface area contributed by atoms with Crippen molar-refractivity contribution in [3.63, 3.8) is 0 Å². The van der Waals surface area contributed by atoms with Gasteiger partial charge in [0.1, 0.15) is 0 Å². The number of fused-ring (bicyclic) bond motifs is 1. The molecule has 1 aliphatic heterocycles. The summed E-state index contributed by atoms with van der Waals surface area (Å²) in [5, 5.41) is 0. The summed E-state index contributed by atoms with van der Waals surface area (Å²) >= 11 is 0. The first-order valence-corrected chi connectivity index (χ1v) is 11.0. The number of carbonyl (C=O) groups excluding carboxylic acids is 1. The predicted octanol–water partition coefficient (Wildman–Crippen LogP) is 3.04. The largest absolute Gasteiger partial charge is 0.338 e. The van der Waals surface area contributed by atoms with Crippen molar-refractivity contribution in [2.75, 3.05) is 23.7 Å². The molecular formula is C21H26N2O3S. The maximum Gasteiger partial charge on any atom is 0.232 e. The van der Waals surface area contributed by atoms with Crippen LogP contribution in [0.5, 0.6) is 0 Å². The van der Waals surface area contributed by atoms with Gasteiger partial charge in [-0.2, -0.15) is 0 Å². The third-order valence-corrected chi connectivity index (χ3v) is 6.21. The van der Waals surface area contributed by atoms with E-state index in [1.807, 2.05) is 55.1 Å². The molecule has 0 aliphatic carbocycles. The van der Waals surface area contributed by atoms with E-state index in [1.165, 1.54) is 21.7 Å². The van der Waals surface area contributed by atoms with E-state index in [0.29, 0.717) is 18.8 Å². The number of amides is 1. The van der Waals surface area contributed by atoms with Gasteiger partial charge in [0.05, 0.1) is 11.9 Å². The monoisotopic (exact) mass is 386 g/mol. The van der Waals surface area contributed by atoms with E-state index in [1.54, 1.807) is 0 Å². The quantitative estimate of drug-likeness (QED) is 0.794. The van der Waals surface area contributed by atoms with E-state index in [-0.39, 0.29) is 18.9 Å². The lowest BCUT2D eigenvalue weighted by Crippen LogP contribution is -2.39. The summed E-state index contributed by atoms with van der Waals surface area (Å²) in [6, 6.07) is 13.8. The van der Waals surface area contributed by atoms with Crippen molar-refractivity contribution in [2.24, 2.45) is 0 Å². The van der Waals surface area contributed by atoms with Crippen molar-refractivity contribution in [1.29, 1.82) is 0 Å². The van der Waals surface area contributed by atoms with E-state index in [9.17, 15) is 13.2 Å². The number of hydrogen-bond donors (Lipinski definition) is 0. The fourth-order valence-corrected chi connectivity index (χ4v) is 4.60. The highest BCUT2D eigenvalue weighted by Gasteiger charge is 2.24. The third-order valence-electron chi connectivity index (χ3n) is 5.03. The molecule has 2 aromatic carbocycles. The molecule has 0 saturated heterocycles. The number of nitrogens with zero attached hydrogens (tertiary/aromatic N) is 2. The van der Waals surface area contributed by atoms with Gasteiger partial charge in [-0.3, -0.25) is 9.10 Å². The summed E-state index contributed by atoms with van der Waals surface area (Å²) in [7, 11) is -3.47. The van der Waals surface area contributed by atoms with Gasteiger partial charge in [0.25, 0.3) is 0 Å². The molecule has 1 heterocycles. The zero-order chi connectivity index (χ0) is 19.6. The van der Waals surface area contributed by atoms with Crippen LogP contribution in [0.4, 0.5) is 5.69 Å². The smallest absolute Gasteiger partial charge is 0.232 e. The number of hydrogen-bond acceptors (Lipinski definition) is 3. The van der Waals surface area contributed by atoms with E-state index < -0.39 is 10.0 Å². The molecular weight excluding hydrogens is 360 g/mol. The second-order valence-corrected chi connectivity index (χ2v) is 9.12. The minimum atomic E-state index is -3.47. The predicted molar refractivity (Wildman–Crippen MR) is 108 cm³/mol. The minimum absolute atomic E-state index is 0.0112. The van der Waals surface area contributed by atoms with E-state index in [0.717, 1.165) is 17.5 Å². The van der Waals surface area contributed by atoms with Crippen molar-refractivity contribution in [1.82, 2.24) is 4.90 Å². The van der Waals surface area contributed by atoms with E-state index >= 15 is 0 Å². The molecule has 6 heteroatoms. The number of anilines is 1. The molecule has 0 saturated carbocycles. The molecule has 5 nitrogen and oxygen atoms in total. The highest BCUT2D eigenvalue weighted by Crippen LogP contribution is 2.24. The van der Waals surface area contributed by atoms with Gasteiger partial charge in [-0.05, 0) is 43.0 Å². The lowest BCUT2D eigenvalue weighted by Gasteiger charge is -2.30. The van der Waals surface area contributed by atoms with Crippen LogP contribution >= 0.6 is 0 Å². The molecule has 27 heavy (non-hydrogen) atoms. The minimum Gasteiger partial charge on any atom is -0.338 e. The topological polar surface area (TPSA) is 57.7 Å². The van der Waals surface area contributed by atoms with Crippen molar-refractivity contribution in [3.05, 3.63) is 64.7 Å². The van der Waals surface area contributed by atoms with Gasteiger partial charge in [0.2, 0.25) is 15.9 Å². The summed E-state index contributed by atoms with van der Waals surface area (Å²) in [5.41, 5.74) is 5.06. The van der Waals surface area contributed by atoms with Crippen LogP contribution in [0.2, 0.25) is 0 Å². The molecule has 144 valence electrons. The maximum absolute atomic E-state index is 12.7. The molecule has 0 bridgehead atoms. The number of rotatable bonds is 5. The molecule has 1 amide bonds. The second-order valence-electron chi connectivity index (χ2n) is 7.21. The molecule has 2 aromatic rings. The molecule has 0 fully saturated rings. The van der Waals surface area contributed by atoms with Crippen LogP contribution in [0.25, 0.3) is 0 Å². The number of sulfonamides is 1. The lowest BCUT2D eigenvalue weighted by molar-refractivity contribution is -0.131. The molecule has 3 rings (SSSR count). The Morgan fingerprint density at radius 2 is 1.81 bits per heavy atom. The van der Waals surface area contributed by atoms with Crippen LogP contribution in [0.1, 0.15) is 28.7 Å². The zero-order valence-electron chi connectivity index (χ0n) is 16.1. The number of carbonyl (C=O) groups is 1. The van der Waals surface area contributed by atoms with Gasteiger partial charge in [0.15, 0.2) is 0 Å². The molecule has 0 N–H and O–H groups in total. The second kappa shape index (κ2) is 7.72. The van der Waals surface area contributed by atoms with Gasteiger partial charge in [0, 0.05) is 26.1 Å². The Morgan fingerprint density at radius 1 is 1.11 bits per heavy atom. The van der Waals surface area contributed by atoms with Crippen LogP contribution in [-0.4, -0.2) is 38.6 Å². The van der Waals surface area contributed by atoms with Gasteiger partial charge < -0.3 is 4.90 Å². The summed E-state index contributed by atoms with van der Waals surface area (Å²) in [4.78, 5) is 14.5. The summed E-state index contributed by atoms with van der Waals surface area (Å²) in [5.74, 6) is -0.0112. The lowest BCUT2D eigenvalue weighted by atomic mass is 10.00. The number of aryl methyl sites for hydroxylation is 2. The molecule has 0 radical (unpaired) electrons. The van der Waals surface area contributed by atoms with Crippen LogP contribution in [0.3, 0.4) is 0 Å². The summed E-state index contributed by atoms with van der Waals surface area (Å²) < 4.78 is 26.0. The van der Waals surface area contributed by atoms with Crippen LogP contribution in [-0.2, 0) is 27.8 Å². The average Bonchev–Trinajstić information content (AvgIpc) is 2.61. The van der Waals surface area contributed by atoms with Crippen molar-refractivity contribution < 1.29 is 13.2 Å². The first-order valence-electron chi connectivity index (χ1n) is 9.15. The van der Waals surface area contributed by atoms with Gasteiger partial charge >= 0.3 is 0 Å². The fraction of sp³-hybridized carbons (Fsp3) is 0.381. The maximum atomic E-state index is 12.7. The Bertz CT molecular complexity index is 954. The summed E-state index contributed by atoms with van der Waals surface area (Å²) in [6.45, 7) is 5.29. The normalized spacial score (nSPS) is 14.0. The number of benzene rings is 2. The van der Waals surface area contributed by atoms with Crippen molar-refractivity contribution >= 4 is 21.6 Å². The molecule has 0 spiro atoms. The molecule has 0 aromatic heterocycles. The van der Waals surface area contributed by atoms with E-state index in [4.69, 9.17) is 0 Å². The first kappa shape index (κ1) is 19.4. The Kier molecular flexibility index (Phi) is 5.56. The summed E-state index contributed by atoms with van der Waals surface area (Å²) in [6.07, 6.45) is 2.20. The van der Waals surface area contributed by atoms with Gasteiger partial charge in [-0.25, -0.2) is 8.42 Å². The Labute approximate surface area is 161 Å². The molecule has 1 aliphatic rings. The fourth-order valence-electron chi connectivity index (χ4n) is 3.61. The Balaban J connectivity index is 1.72. The van der Waals surface area contributed by atoms with E-state index in [2.05, 4.69) is 6.07 Å². The first-order chi connectivity index (χ1) is 12.8. The van der Waals surface area contributed by atoms with Crippen LogP contribution in [0.15, 0.2) is 42.5 Å². The molecule has 0 unspecified atom stereocenters. The Morgan fingerprint density at radius 3 is 2.48 bits per heavy atom. The molecule has 0 atom stereocenters. The highest BCUT2D eigenvalue weighted by molar-refractivity contribution is 7.92. The standard InChI is InChI=1S/C21H26N2O3S/c1-16-8-9-20(17(2)14-16)23(27(3,25)26)13-11-21(24)22-12-10-18-6-4-5-7-19(18)15-22/h4-9,14H,10-13,15H2,1-3H3. The average molecular weight is 387 g/mol. The van der Waals surface area contributed by atoms with Crippen molar-refractivity contribution in [2.45, 2.75) is 33.2 Å². The van der Waals surface area contributed by atoms with Crippen LogP contribution < -0.4 is 4.31 Å². The SMILES string of the molecule is Cc1ccc(N(CCC(=O)N2CCc3ccccc3C2)S(C)(=O)=O)c(C)c1.